The first-order chi connectivity index (χ1) is 12.1. The van der Waals surface area contributed by atoms with Crippen molar-refractivity contribution in [3.8, 4) is 0 Å². The normalized spacial score (nSPS) is 17.2. The van der Waals surface area contributed by atoms with Crippen molar-refractivity contribution in [2.24, 2.45) is 0 Å². The Labute approximate surface area is 149 Å². The molecule has 1 unspecified atom stereocenters. The molecule has 2 heterocycles. The van der Waals surface area contributed by atoms with Crippen molar-refractivity contribution in [3.05, 3.63) is 47.0 Å². The summed E-state index contributed by atoms with van der Waals surface area (Å²) in [6, 6.07) is 11.3. The third-order valence-corrected chi connectivity index (χ3v) is 5.24. The molecule has 1 atom stereocenters. The molecule has 1 saturated heterocycles. The van der Waals surface area contributed by atoms with Crippen LogP contribution >= 0.6 is 11.6 Å². The van der Waals surface area contributed by atoms with Gasteiger partial charge < -0.3 is 15.2 Å². The van der Waals surface area contributed by atoms with Crippen LogP contribution in [0.5, 0.6) is 0 Å². The highest BCUT2D eigenvalue weighted by atomic mass is 35.5. The zero-order valence-electron chi connectivity index (χ0n) is 13.8. The average molecular weight is 356 g/mol. The molecule has 1 aromatic heterocycles. The summed E-state index contributed by atoms with van der Waals surface area (Å²) in [7, 11) is 1.69. The van der Waals surface area contributed by atoms with Crippen LogP contribution in [0.2, 0.25) is 5.02 Å². The van der Waals surface area contributed by atoms with Crippen molar-refractivity contribution in [2.75, 3.05) is 13.6 Å². The summed E-state index contributed by atoms with van der Waals surface area (Å²) >= 11 is 6.29. The van der Waals surface area contributed by atoms with Crippen molar-refractivity contribution in [1.82, 2.24) is 15.2 Å². The fourth-order valence-electron chi connectivity index (χ4n) is 3.53. The van der Waals surface area contributed by atoms with Gasteiger partial charge in [-0.05, 0) is 18.1 Å². The molecule has 0 radical (unpaired) electrons. The fourth-order valence-corrected chi connectivity index (χ4v) is 3.75. The van der Waals surface area contributed by atoms with Crippen molar-refractivity contribution in [1.29, 1.82) is 0 Å². The number of H-pyrrole nitrogens is 1. The lowest BCUT2D eigenvalue weighted by molar-refractivity contribution is -0.136. The maximum absolute atomic E-state index is 12.7. The Kier molecular flexibility index (Phi) is 3.88. The van der Waals surface area contributed by atoms with Gasteiger partial charge in [-0.25, -0.2) is 0 Å². The number of nitrogens with one attached hydrogen (secondary N) is 2. The number of likely N-dealkylation sites (N-methyl/N-ethyl adjacent to an activating group) is 1. The SMILES string of the molecule is CN(C(=O)Cc1cccc2c1[nH]c1c(Cl)cccc12)C1CCNC1=O. The Hall–Kier alpha value is -2.53. The van der Waals surface area contributed by atoms with E-state index in [2.05, 4.69) is 10.3 Å². The highest BCUT2D eigenvalue weighted by molar-refractivity contribution is 6.36. The first-order valence-electron chi connectivity index (χ1n) is 8.27. The summed E-state index contributed by atoms with van der Waals surface area (Å²) in [4.78, 5) is 29.4. The summed E-state index contributed by atoms with van der Waals surface area (Å²) in [6.07, 6.45) is 0.898. The van der Waals surface area contributed by atoms with Gasteiger partial charge in [0.1, 0.15) is 6.04 Å². The van der Waals surface area contributed by atoms with Crippen LogP contribution in [0.15, 0.2) is 36.4 Å². The van der Waals surface area contributed by atoms with Gasteiger partial charge in [0.15, 0.2) is 0 Å². The molecule has 6 heteroatoms. The van der Waals surface area contributed by atoms with E-state index in [-0.39, 0.29) is 24.3 Å². The van der Waals surface area contributed by atoms with E-state index < -0.39 is 0 Å². The molecule has 5 nitrogen and oxygen atoms in total. The van der Waals surface area contributed by atoms with Gasteiger partial charge in [-0.3, -0.25) is 9.59 Å². The third kappa shape index (κ3) is 2.65. The molecule has 0 saturated carbocycles. The number of halogens is 1. The van der Waals surface area contributed by atoms with Crippen LogP contribution < -0.4 is 5.32 Å². The van der Waals surface area contributed by atoms with Gasteiger partial charge in [0.2, 0.25) is 11.8 Å². The van der Waals surface area contributed by atoms with Gasteiger partial charge in [-0.2, -0.15) is 0 Å². The van der Waals surface area contributed by atoms with Gasteiger partial charge in [-0.1, -0.05) is 41.9 Å². The van der Waals surface area contributed by atoms with Crippen molar-refractivity contribution in [2.45, 2.75) is 18.9 Å². The van der Waals surface area contributed by atoms with Gasteiger partial charge in [-0.15, -0.1) is 0 Å². The summed E-state index contributed by atoms with van der Waals surface area (Å²) in [5.74, 6) is -0.147. The third-order valence-electron chi connectivity index (χ3n) is 4.93. The second-order valence-corrected chi connectivity index (χ2v) is 6.81. The second kappa shape index (κ2) is 6.08. The number of carbonyl (C=O) groups excluding carboxylic acids is 2. The van der Waals surface area contributed by atoms with Crippen molar-refractivity contribution < 1.29 is 9.59 Å². The van der Waals surface area contributed by atoms with Gasteiger partial charge in [0.05, 0.1) is 22.5 Å². The molecule has 0 bridgehead atoms. The lowest BCUT2D eigenvalue weighted by Crippen LogP contribution is -2.42. The lowest BCUT2D eigenvalue weighted by atomic mass is 10.1. The zero-order valence-corrected chi connectivity index (χ0v) is 14.6. The molecule has 1 fully saturated rings. The van der Waals surface area contributed by atoms with Crippen LogP contribution in [0.3, 0.4) is 0 Å². The number of rotatable bonds is 3. The fraction of sp³-hybridized carbons (Fsp3) is 0.263. The average Bonchev–Trinajstić information content (AvgIpc) is 3.19. The molecule has 25 heavy (non-hydrogen) atoms. The summed E-state index contributed by atoms with van der Waals surface area (Å²) in [5.41, 5.74) is 2.70. The molecule has 0 spiro atoms. The number of amides is 2. The highest BCUT2D eigenvalue weighted by Gasteiger charge is 2.30. The topological polar surface area (TPSA) is 65.2 Å². The van der Waals surface area contributed by atoms with E-state index in [1.807, 2.05) is 36.4 Å². The molecule has 4 rings (SSSR count). The molecule has 0 aliphatic carbocycles. The van der Waals surface area contributed by atoms with Crippen LogP contribution in [-0.4, -0.2) is 41.3 Å². The Morgan fingerprint density at radius 1 is 1.20 bits per heavy atom. The molecule has 1 aliphatic heterocycles. The minimum absolute atomic E-state index is 0.0701. The Bertz CT molecular complexity index is 995. The first-order valence-corrected chi connectivity index (χ1v) is 8.65. The first kappa shape index (κ1) is 16.0. The van der Waals surface area contributed by atoms with Crippen LogP contribution in [0.25, 0.3) is 21.8 Å². The number of benzene rings is 2. The minimum atomic E-state index is -0.371. The quantitative estimate of drug-likeness (QED) is 0.758. The zero-order chi connectivity index (χ0) is 17.6. The molecule has 2 N–H and O–H groups in total. The van der Waals surface area contributed by atoms with Gasteiger partial charge in [0, 0.05) is 24.4 Å². The summed E-state index contributed by atoms with van der Waals surface area (Å²) in [5, 5.41) is 5.51. The van der Waals surface area contributed by atoms with E-state index >= 15 is 0 Å². The second-order valence-electron chi connectivity index (χ2n) is 6.40. The maximum Gasteiger partial charge on any atom is 0.242 e. The van der Waals surface area contributed by atoms with E-state index in [0.717, 1.165) is 27.4 Å². The number of hydrogen-bond donors (Lipinski definition) is 2. The molecular formula is C19H18ClN3O2. The van der Waals surface area contributed by atoms with Gasteiger partial charge in [0.25, 0.3) is 0 Å². The van der Waals surface area contributed by atoms with E-state index in [1.165, 1.54) is 0 Å². The summed E-state index contributed by atoms with van der Waals surface area (Å²) < 4.78 is 0. The number of aromatic nitrogens is 1. The van der Waals surface area contributed by atoms with Crippen LogP contribution in [0.1, 0.15) is 12.0 Å². The molecule has 128 valence electrons. The smallest absolute Gasteiger partial charge is 0.242 e. The highest BCUT2D eigenvalue weighted by Crippen LogP contribution is 2.32. The molecule has 1 aliphatic rings. The minimum Gasteiger partial charge on any atom is -0.354 e. The van der Waals surface area contributed by atoms with E-state index in [4.69, 9.17) is 11.6 Å². The molecule has 2 amide bonds. The maximum atomic E-state index is 12.7. The standard InChI is InChI=1S/C19H18ClN3O2/c1-23(15-8-9-21-19(15)25)16(24)10-11-4-2-5-12-13-6-3-7-14(20)18(13)22-17(11)12/h2-7,15,22H,8-10H2,1H3,(H,21,25). The molecule has 2 aromatic carbocycles. The van der Waals surface area contributed by atoms with Crippen LogP contribution in [0, 0.1) is 0 Å². The number of nitrogens with zero attached hydrogens (tertiary/aromatic N) is 1. The van der Waals surface area contributed by atoms with E-state index in [9.17, 15) is 9.59 Å². The van der Waals surface area contributed by atoms with Gasteiger partial charge >= 0.3 is 0 Å². The predicted octanol–water partition coefficient (Wildman–Crippen LogP) is 2.86. The van der Waals surface area contributed by atoms with E-state index in [0.29, 0.717) is 18.0 Å². The predicted molar refractivity (Wildman–Crippen MR) is 98.7 cm³/mol. The number of hydrogen-bond acceptors (Lipinski definition) is 2. The number of carbonyl (C=O) groups is 2. The summed E-state index contributed by atoms with van der Waals surface area (Å²) in [6.45, 7) is 0.622. The Morgan fingerprint density at radius 2 is 1.92 bits per heavy atom. The Morgan fingerprint density at radius 3 is 2.64 bits per heavy atom. The molecule has 3 aromatic rings. The van der Waals surface area contributed by atoms with E-state index in [1.54, 1.807) is 11.9 Å². The van der Waals surface area contributed by atoms with Crippen molar-refractivity contribution >= 4 is 45.2 Å². The number of para-hydroxylation sites is 2. The van der Waals surface area contributed by atoms with Crippen LogP contribution in [0.4, 0.5) is 0 Å². The Balaban J connectivity index is 1.70. The van der Waals surface area contributed by atoms with Crippen LogP contribution in [-0.2, 0) is 16.0 Å². The number of fused-ring (bicyclic) bond motifs is 3. The monoisotopic (exact) mass is 355 g/mol. The largest absolute Gasteiger partial charge is 0.354 e. The van der Waals surface area contributed by atoms with Crippen molar-refractivity contribution in [3.63, 3.8) is 0 Å². The molecular weight excluding hydrogens is 338 g/mol. The lowest BCUT2D eigenvalue weighted by Gasteiger charge is -2.22. The number of aromatic amines is 1.